The highest BCUT2D eigenvalue weighted by atomic mass is 15.1. The summed E-state index contributed by atoms with van der Waals surface area (Å²) in [5, 5.41) is 3.89. The van der Waals surface area contributed by atoms with E-state index in [1.54, 1.807) is 0 Å². The molecule has 0 amide bonds. The van der Waals surface area contributed by atoms with E-state index in [1.165, 1.54) is 38.8 Å². The van der Waals surface area contributed by atoms with Gasteiger partial charge in [-0.3, -0.25) is 0 Å². The third-order valence-electron chi connectivity index (χ3n) is 3.52. The van der Waals surface area contributed by atoms with Crippen LogP contribution in [-0.2, 0) is 0 Å². The van der Waals surface area contributed by atoms with E-state index >= 15 is 0 Å². The summed E-state index contributed by atoms with van der Waals surface area (Å²) < 4.78 is 0. The van der Waals surface area contributed by atoms with Crippen LogP contribution in [0.1, 0.15) is 60.3 Å². The van der Waals surface area contributed by atoms with Crippen molar-refractivity contribution in [1.29, 1.82) is 0 Å². The Morgan fingerprint density at radius 2 is 1.71 bits per heavy atom. The topological polar surface area (TPSA) is 15.3 Å². The minimum Gasteiger partial charge on any atom is -0.309 e. The maximum Gasteiger partial charge on any atom is 0.0132 e. The third-order valence-corrected chi connectivity index (χ3v) is 3.52. The molecule has 0 aromatic carbocycles. The predicted molar refractivity (Wildman–Crippen MR) is 76.4 cm³/mol. The molecule has 1 saturated heterocycles. The van der Waals surface area contributed by atoms with Gasteiger partial charge in [-0.2, -0.15) is 0 Å². The maximum absolute atomic E-state index is 3.89. The zero-order valence-electron chi connectivity index (χ0n) is 12.8. The molecule has 1 aliphatic rings. The van der Waals surface area contributed by atoms with Gasteiger partial charge in [0.25, 0.3) is 0 Å². The molecular formula is C15H32N2. The molecule has 0 bridgehead atoms. The highest BCUT2D eigenvalue weighted by Crippen LogP contribution is 2.28. The Kier molecular flexibility index (Phi) is 5.03. The van der Waals surface area contributed by atoms with Crippen molar-refractivity contribution in [3.05, 3.63) is 0 Å². The number of nitrogens with one attached hydrogen (secondary N) is 1. The minimum absolute atomic E-state index is 0.256. The molecule has 0 saturated carbocycles. The van der Waals surface area contributed by atoms with Gasteiger partial charge in [0.15, 0.2) is 0 Å². The summed E-state index contributed by atoms with van der Waals surface area (Å²) >= 11 is 0. The molecule has 17 heavy (non-hydrogen) atoms. The molecule has 0 aliphatic carbocycles. The van der Waals surface area contributed by atoms with Crippen molar-refractivity contribution >= 4 is 0 Å². The Hall–Kier alpha value is -0.0800. The summed E-state index contributed by atoms with van der Waals surface area (Å²) in [5.41, 5.74) is 0.657. The van der Waals surface area contributed by atoms with Crippen LogP contribution in [0, 0.1) is 5.41 Å². The van der Waals surface area contributed by atoms with Crippen molar-refractivity contribution in [3.63, 3.8) is 0 Å². The van der Waals surface area contributed by atoms with Crippen LogP contribution in [-0.4, -0.2) is 36.6 Å². The Morgan fingerprint density at radius 1 is 1.06 bits per heavy atom. The van der Waals surface area contributed by atoms with Crippen molar-refractivity contribution < 1.29 is 0 Å². The maximum atomic E-state index is 3.89. The van der Waals surface area contributed by atoms with Gasteiger partial charge in [0, 0.05) is 11.6 Å². The lowest BCUT2D eigenvalue weighted by molar-refractivity contribution is 0.215. The Morgan fingerprint density at radius 3 is 2.29 bits per heavy atom. The first-order valence-corrected chi connectivity index (χ1v) is 7.14. The van der Waals surface area contributed by atoms with Gasteiger partial charge in [-0.15, -0.1) is 0 Å². The van der Waals surface area contributed by atoms with Crippen molar-refractivity contribution in [3.8, 4) is 0 Å². The average molecular weight is 240 g/mol. The predicted octanol–water partition coefficient (Wildman–Crippen LogP) is 3.28. The second-order valence-electron chi connectivity index (χ2n) is 7.70. The average Bonchev–Trinajstić information content (AvgIpc) is 2.26. The highest BCUT2D eigenvalue weighted by molar-refractivity contribution is 4.87. The van der Waals surface area contributed by atoms with Crippen molar-refractivity contribution in [2.24, 2.45) is 5.41 Å². The number of nitrogens with zero attached hydrogens (tertiary/aromatic N) is 1. The first-order chi connectivity index (χ1) is 7.68. The molecule has 0 aromatic heterocycles. The largest absolute Gasteiger partial charge is 0.309 e. The van der Waals surface area contributed by atoms with E-state index in [0.29, 0.717) is 11.5 Å². The van der Waals surface area contributed by atoms with Crippen LogP contribution in [0.25, 0.3) is 0 Å². The summed E-state index contributed by atoms with van der Waals surface area (Å²) in [6, 6.07) is 0.706. The van der Waals surface area contributed by atoms with E-state index in [0.717, 1.165) is 0 Å². The third kappa shape index (κ3) is 6.42. The van der Waals surface area contributed by atoms with Gasteiger partial charge >= 0.3 is 0 Å². The molecule has 0 spiro atoms. The molecule has 1 unspecified atom stereocenters. The number of likely N-dealkylation sites (tertiary alicyclic amines) is 1. The van der Waals surface area contributed by atoms with E-state index < -0.39 is 0 Å². The smallest absolute Gasteiger partial charge is 0.0132 e. The minimum atomic E-state index is 0.256. The lowest BCUT2D eigenvalue weighted by Gasteiger charge is -2.36. The monoisotopic (exact) mass is 240 g/mol. The lowest BCUT2D eigenvalue weighted by Crippen LogP contribution is -2.48. The van der Waals surface area contributed by atoms with Gasteiger partial charge in [-0.1, -0.05) is 20.8 Å². The number of rotatable bonds is 3. The first kappa shape index (κ1) is 15.0. The number of hydrogen-bond acceptors (Lipinski definition) is 2. The number of hydrogen-bond donors (Lipinski definition) is 1. The van der Waals surface area contributed by atoms with E-state index in [2.05, 4.69) is 51.9 Å². The van der Waals surface area contributed by atoms with Gasteiger partial charge in [0.1, 0.15) is 0 Å². The standard InChI is InChI=1S/C15H32N2/c1-14(2,3)12-15(4,5)16-13-8-7-10-17(6)11-9-13/h13,16H,7-12H2,1-6H3. The van der Waals surface area contributed by atoms with Crippen molar-refractivity contribution in [2.75, 3.05) is 20.1 Å². The van der Waals surface area contributed by atoms with Crippen LogP contribution in [0.2, 0.25) is 0 Å². The van der Waals surface area contributed by atoms with Crippen LogP contribution in [0.3, 0.4) is 0 Å². The first-order valence-electron chi connectivity index (χ1n) is 7.14. The van der Waals surface area contributed by atoms with E-state index in [4.69, 9.17) is 0 Å². The Balaban J connectivity index is 2.46. The molecule has 102 valence electrons. The quantitative estimate of drug-likeness (QED) is 0.814. The molecule has 0 radical (unpaired) electrons. The molecular weight excluding hydrogens is 208 g/mol. The second-order valence-corrected chi connectivity index (χ2v) is 7.70. The molecule has 1 atom stereocenters. The zero-order valence-corrected chi connectivity index (χ0v) is 12.8. The fourth-order valence-electron chi connectivity index (χ4n) is 3.31. The zero-order chi connectivity index (χ0) is 13.1. The van der Waals surface area contributed by atoms with Gasteiger partial charge < -0.3 is 10.2 Å². The Labute approximate surface area is 108 Å². The molecule has 1 N–H and O–H groups in total. The molecule has 1 rings (SSSR count). The van der Waals surface area contributed by atoms with Gasteiger partial charge in [0.2, 0.25) is 0 Å². The molecule has 1 aliphatic heterocycles. The molecule has 1 heterocycles. The highest BCUT2D eigenvalue weighted by Gasteiger charge is 2.28. The van der Waals surface area contributed by atoms with Crippen LogP contribution in [0.15, 0.2) is 0 Å². The summed E-state index contributed by atoms with van der Waals surface area (Å²) in [7, 11) is 2.24. The van der Waals surface area contributed by atoms with Gasteiger partial charge in [-0.05, 0) is 65.1 Å². The van der Waals surface area contributed by atoms with E-state index in [9.17, 15) is 0 Å². The van der Waals surface area contributed by atoms with Gasteiger partial charge in [-0.25, -0.2) is 0 Å². The van der Waals surface area contributed by atoms with Crippen LogP contribution in [0.5, 0.6) is 0 Å². The second kappa shape index (κ2) is 5.71. The van der Waals surface area contributed by atoms with Crippen LogP contribution >= 0.6 is 0 Å². The van der Waals surface area contributed by atoms with Crippen molar-refractivity contribution in [2.45, 2.75) is 71.9 Å². The molecule has 2 heteroatoms. The van der Waals surface area contributed by atoms with E-state index in [1.807, 2.05) is 0 Å². The fraction of sp³-hybridized carbons (Fsp3) is 1.00. The molecule has 0 aromatic rings. The SMILES string of the molecule is CN1CCCC(NC(C)(C)CC(C)(C)C)CC1. The van der Waals surface area contributed by atoms with E-state index in [-0.39, 0.29) is 5.54 Å². The molecule has 2 nitrogen and oxygen atoms in total. The molecule has 1 fully saturated rings. The summed E-state index contributed by atoms with van der Waals surface area (Å²) in [6.07, 6.45) is 5.19. The lowest BCUT2D eigenvalue weighted by atomic mass is 9.81. The fourth-order valence-corrected chi connectivity index (χ4v) is 3.31. The summed E-state index contributed by atoms with van der Waals surface area (Å²) in [5.74, 6) is 0. The Bertz CT molecular complexity index is 228. The van der Waals surface area contributed by atoms with Gasteiger partial charge in [0.05, 0.1) is 0 Å². The summed E-state index contributed by atoms with van der Waals surface area (Å²) in [6.45, 7) is 14.2. The van der Waals surface area contributed by atoms with Crippen LogP contribution in [0.4, 0.5) is 0 Å². The van der Waals surface area contributed by atoms with Crippen LogP contribution < -0.4 is 5.32 Å². The normalized spacial score (nSPS) is 24.7. The van der Waals surface area contributed by atoms with Crippen molar-refractivity contribution in [1.82, 2.24) is 10.2 Å². The summed E-state index contributed by atoms with van der Waals surface area (Å²) in [4.78, 5) is 2.46.